The summed E-state index contributed by atoms with van der Waals surface area (Å²) in [7, 11) is 0. The Hall–Kier alpha value is -3.07. The number of urea groups is 1. The van der Waals surface area contributed by atoms with Crippen LogP contribution in [0.15, 0.2) is 36.7 Å². The molecule has 2 aliphatic rings. The van der Waals surface area contributed by atoms with Crippen LogP contribution in [0.5, 0.6) is 0 Å². The van der Waals surface area contributed by atoms with Crippen LogP contribution in [0.3, 0.4) is 0 Å². The fraction of sp³-hybridized carbons (Fsp3) is 0.409. The van der Waals surface area contributed by atoms with Crippen LogP contribution in [0.25, 0.3) is 16.7 Å². The van der Waals surface area contributed by atoms with Crippen LogP contribution in [-0.4, -0.2) is 58.2 Å². The average Bonchev–Trinajstić information content (AvgIpc) is 3.41. The van der Waals surface area contributed by atoms with Gasteiger partial charge in [-0.2, -0.15) is 0 Å². The summed E-state index contributed by atoms with van der Waals surface area (Å²) < 4.78 is 34.8. The van der Waals surface area contributed by atoms with E-state index in [4.69, 9.17) is 4.74 Å². The van der Waals surface area contributed by atoms with Crippen LogP contribution >= 0.6 is 0 Å². The Morgan fingerprint density at radius 2 is 2.03 bits per heavy atom. The summed E-state index contributed by atoms with van der Waals surface area (Å²) >= 11 is 0. The smallest absolute Gasteiger partial charge is 0.321 e. The molecule has 31 heavy (non-hydrogen) atoms. The number of benzene rings is 1. The fourth-order valence-electron chi connectivity index (χ4n) is 4.18. The van der Waals surface area contributed by atoms with E-state index in [0.29, 0.717) is 30.2 Å². The van der Waals surface area contributed by atoms with Crippen molar-refractivity contribution in [2.75, 3.05) is 31.6 Å². The number of aromatic nitrogens is 3. The maximum atomic E-state index is 14.6. The number of halogens is 2. The molecule has 2 saturated heterocycles. The Labute approximate surface area is 178 Å². The second-order valence-corrected chi connectivity index (χ2v) is 8.07. The van der Waals surface area contributed by atoms with Gasteiger partial charge in [-0.25, -0.2) is 23.2 Å². The standard InChI is InChI=1S/C22H23F2N5O2/c23-17-3-6-28(13-17)22(30)26-18-1-2-19(24)20(10-18)29-12-16-9-15(11-25-21(16)27-29)14-4-7-31-8-5-14/h1-2,9-12,14,17H,3-8,13H2,(H,26,30)/t17-/m1/s1. The van der Waals surface area contributed by atoms with Crippen molar-refractivity contribution < 1.29 is 18.3 Å². The first kappa shape index (κ1) is 19.9. The Kier molecular flexibility index (Phi) is 5.27. The highest BCUT2D eigenvalue weighted by atomic mass is 19.1. The molecule has 4 heterocycles. The lowest BCUT2D eigenvalue weighted by Gasteiger charge is -2.21. The van der Waals surface area contributed by atoms with Crippen molar-refractivity contribution in [3.05, 3.63) is 48.0 Å². The van der Waals surface area contributed by atoms with E-state index < -0.39 is 18.0 Å². The Morgan fingerprint density at radius 3 is 2.81 bits per heavy atom. The SMILES string of the molecule is O=C(Nc1ccc(F)c(-n2cc3cc(C4CCOCC4)cnc3n2)c1)N1CC[C@@H](F)C1. The number of hydrogen-bond acceptors (Lipinski definition) is 4. The molecule has 0 unspecified atom stereocenters. The zero-order valence-electron chi connectivity index (χ0n) is 16.9. The Bertz CT molecular complexity index is 1110. The number of alkyl halides is 1. The number of pyridine rings is 1. The van der Waals surface area contributed by atoms with Gasteiger partial charge in [0.25, 0.3) is 0 Å². The predicted molar refractivity (Wildman–Crippen MR) is 112 cm³/mol. The van der Waals surface area contributed by atoms with Crippen molar-refractivity contribution >= 4 is 22.8 Å². The van der Waals surface area contributed by atoms with Gasteiger partial charge in [-0.15, -0.1) is 5.10 Å². The molecule has 1 atom stereocenters. The van der Waals surface area contributed by atoms with Crippen molar-refractivity contribution in [1.29, 1.82) is 0 Å². The summed E-state index contributed by atoms with van der Waals surface area (Å²) in [4.78, 5) is 18.2. The molecular formula is C22H23F2N5O2. The highest BCUT2D eigenvalue weighted by Crippen LogP contribution is 2.29. The topological polar surface area (TPSA) is 72.3 Å². The monoisotopic (exact) mass is 427 g/mol. The van der Waals surface area contributed by atoms with Gasteiger partial charge < -0.3 is 15.0 Å². The van der Waals surface area contributed by atoms with Crippen LogP contribution in [-0.2, 0) is 4.74 Å². The number of ether oxygens (including phenoxy) is 1. The number of anilines is 1. The summed E-state index contributed by atoms with van der Waals surface area (Å²) in [5.74, 6) is -0.0702. The largest absolute Gasteiger partial charge is 0.381 e. The molecule has 0 radical (unpaired) electrons. The maximum absolute atomic E-state index is 14.6. The van der Waals surface area contributed by atoms with Gasteiger partial charge in [0.15, 0.2) is 5.65 Å². The van der Waals surface area contributed by atoms with Crippen LogP contribution in [0.4, 0.5) is 19.3 Å². The molecule has 0 spiro atoms. The lowest BCUT2D eigenvalue weighted by molar-refractivity contribution is 0.0853. The molecule has 2 aromatic heterocycles. The van der Waals surface area contributed by atoms with Crippen LogP contribution in [0.2, 0.25) is 0 Å². The minimum Gasteiger partial charge on any atom is -0.381 e. The van der Waals surface area contributed by atoms with E-state index in [1.165, 1.54) is 27.8 Å². The molecule has 7 nitrogen and oxygen atoms in total. The van der Waals surface area contributed by atoms with E-state index in [1.54, 1.807) is 6.20 Å². The highest BCUT2D eigenvalue weighted by Gasteiger charge is 2.26. The first-order chi connectivity index (χ1) is 15.1. The highest BCUT2D eigenvalue weighted by molar-refractivity contribution is 5.90. The van der Waals surface area contributed by atoms with Crippen molar-refractivity contribution in [3.63, 3.8) is 0 Å². The molecule has 0 bridgehead atoms. The first-order valence-corrected chi connectivity index (χ1v) is 10.5. The van der Waals surface area contributed by atoms with E-state index >= 15 is 0 Å². The molecule has 3 aromatic rings. The number of likely N-dealkylation sites (tertiary alicyclic amines) is 1. The predicted octanol–water partition coefficient (Wildman–Crippen LogP) is 4.03. The third kappa shape index (κ3) is 4.10. The summed E-state index contributed by atoms with van der Waals surface area (Å²) in [6, 6.07) is 5.92. The van der Waals surface area contributed by atoms with Gasteiger partial charge in [-0.3, -0.25) is 0 Å². The van der Waals surface area contributed by atoms with Gasteiger partial charge in [0.2, 0.25) is 0 Å². The summed E-state index contributed by atoms with van der Waals surface area (Å²) in [5, 5.41) is 7.94. The number of fused-ring (bicyclic) bond motifs is 1. The van der Waals surface area contributed by atoms with Crippen LogP contribution in [0.1, 0.15) is 30.7 Å². The number of nitrogens with one attached hydrogen (secondary N) is 1. The summed E-state index contributed by atoms with van der Waals surface area (Å²) in [6.45, 7) is 1.93. The molecular weight excluding hydrogens is 404 g/mol. The average molecular weight is 427 g/mol. The van der Waals surface area contributed by atoms with Crippen LogP contribution in [0, 0.1) is 5.82 Å². The third-order valence-corrected chi connectivity index (χ3v) is 5.93. The molecule has 1 aromatic carbocycles. The van der Waals surface area contributed by atoms with E-state index in [0.717, 1.165) is 37.0 Å². The number of carbonyl (C=O) groups is 1. The number of amides is 2. The molecule has 5 rings (SSSR count). The number of carbonyl (C=O) groups excluding carboxylic acids is 1. The molecule has 0 saturated carbocycles. The summed E-state index contributed by atoms with van der Waals surface area (Å²) in [6.07, 6.45) is 4.82. The normalized spacial score (nSPS) is 19.8. The second kappa shape index (κ2) is 8.22. The number of hydrogen-bond donors (Lipinski definition) is 1. The van der Waals surface area contributed by atoms with Gasteiger partial charge >= 0.3 is 6.03 Å². The van der Waals surface area contributed by atoms with Gasteiger partial charge in [0.05, 0.1) is 6.54 Å². The minimum absolute atomic E-state index is 0.0750. The third-order valence-electron chi connectivity index (χ3n) is 5.93. The van der Waals surface area contributed by atoms with E-state index in [1.807, 2.05) is 12.3 Å². The van der Waals surface area contributed by atoms with Gasteiger partial charge in [0, 0.05) is 43.2 Å². The van der Waals surface area contributed by atoms with Crippen molar-refractivity contribution in [2.45, 2.75) is 31.4 Å². The van der Waals surface area contributed by atoms with E-state index in [-0.39, 0.29) is 12.2 Å². The Balaban J connectivity index is 1.40. The summed E-state index contributed by atoms with van der Waals surface area (Å²) in [5.41, 5.74) is 2.27. The molecule has 0 aliphatic carbocycles. The number of rotatable bonds is 3. The van der Waals surface area contributed by atoms with Gasteiger partial charge in [-0.1, -0.05) is 0 Å². The van der Waals surface area contributed by atoms with E-state index in [2.05, 4.69) is 15.4 Å². The number of nitrogens with zero attached hydrogens (tertiary/aromatic N) is 4. The lowest BCUT2D eigenvalue weighted by Crippen LogP contribution is -2.33. The molecule has 162 valence electrons. The van der Waals surface area contributed by atoms with Gasteiger partial charge in [-0.05, 0) is 55.0 Å². The van der Waals surface area contributed by atoms with Crippen LogP contribution < -0.4 is 5.32 Å². The molecule has 9 heteroatoms. The van der Waals surface area contributed by atoms with Crippen molar-refractivity contribution in [2.24, 2.45) is 0 Å². The zero-order chi connectivity index (χ0) is 21.4. The second-order valence-electron chi connectivity index (χ2n) is 8.07. The minimum atomic E-state index is -0.996. The maximum Gasteiger partial charge on any atom is 0.321 e. The first-order valence-electron chi connectivity index (χ1n) is 10.5. The fourth-order valence-corrected chi connectivity index (χ4v) is 4.18. The lowest BCUT2D eigenvalue weighted by atomic mass is 9.93. The quantitative estimate of drug-likeness (QED) is 0.685. The zero-order valence-corrected chi connectivity index (χ0v) is 16.9. The van der Waals surface area contributed by atoms with Crippen molar-refractivity contribution in [1.82, 2.24) is 19.7 Å². The van der Waals surface area contributed by atoms with E-state index in [9.17, 15) is 13.6 Å². The van der Waals surface area contributed by atoms with Crippen molar-refractivity contribution in [3.8, 4) is 5.69 Å². The van der Waals surface area contributed by atoms with Gasteiger partial charge in [0.1, 0.15) is 17.7 Å². The molecule has 1 N–H and O–H groups in total. The molecule has 2 amide bonds. The Morgan fingerprint density at radius 1 is 1.19 bits per heavy atom. The molecule has 2 aliphatic heterocycles. The molecule has 2 fully saturated rings.